The Balaban J connectivity index is 1.52. The number of piperazine rings is 1. The average molecular weight is 393 g/mol. The second-order valence-corrected chi connectivity index (χ2v) is 6.62. The summed E-state index contributed by atoms with van der Waals surface area (Å²) in [5.74, 6) is 0.802. The van der Waals surface area contributed by atoms with E-state index in [0.717, 1.165) is 30.0 Å². The number of nitrogens with zero attached hydrogens (tertiary/aromatic N) is 2. The quantitative estimate of drug-likeness (QED) is 0.852. The molecule has 5 nitrogen and oxygen atoms in total. The number of halogens is 3. The molecule has 2 aromatic rings. The Morgan fingerprint density at radius 2 is 1.79 bits per heavy atom. The molecule has 2 amide bonds. The van der Waals surface area contributed by atoms with Crippen LogP contribution in [-0.2, 0) is 12.7 Å². The van der Waals surface area contributed by atoms with Gasteiger partial charge in [0.2, 0.25) is 0 Å². The van der Waals surface area contributed by atoms with Crippen LogP contribution < -0.4 is 10.1 Å². The highest BCUT2D eigenvalue weighted by atomic mass is 19.4. The third kappa shape index (κ3) is 5.16. The van der Waals surface area contributed by atoms with Gasteiger partial charge >= 0.3 is 12.2 Å². The van der Waals surface area contributed by atoms with E-state index in [4.69, 9.17) is 4.74 Å². The zero-order chi connectivity index (χ0) is 20.1. The van der Waals surface area contributed by atoms with E-state index in [2.05, 4.69) is 10.2 Å². The first-order chi connectivity index (χ1) is 13.3. The molecule has 1 heterocycles. The third-order valence-corrected chi connectivity index (χ3v) is 4.64. The summed E-state index contributed by atoms with van der Waals surface area (Å²) in [6.45, 7) is 3.14. The third-order valence-electron chi connectivity index (χ3n) is 4.64. The molecule has 0 saturated carbocycles. The van der Waals surface area contributed by atoms with Crippen molar-refractivity contribution in [2.45, 2.75) is 12.7 Å². The summed E-state index contributed by atoms with van der Waals surface area (Å²) in [4.78, 5) is 16.2. The fraction of sp³-hybridized carbons (Fsp3) is 0.350. The van der Waals surface area contributed by atoms with Gasteiger partial charge in [-0.15, -0.1) is 0 Å². The largest absolute Gasteiger partial charge is 0.497 e. The van der Waals surface area contributed by atoms with E-state index >= 15 is 0 Å². The van der Waals surface area contributed by atoms with Crippen LogP contribution in [0.15, 0.2) is 48.5 Å². The van der Waals surface area contributed by atoms with Crippen molar-refractivity contribution in [3.05, 3.63) is 59.7 Å². The fourth-order valence-electron chi connectivity index (χ4n) is 3.11. The molecule has 1 fully saturated rings. The molecule has 0 aromatic heterocycles. The predicted octanol–water partition coefficient (Wildman–Crippen LogP) is 4.06. The Morgan fingerprint density at radius 1 is 1.07 bits per heavy atom. The lowest BCUT2D eigenvalue weighted by atomic mass is 10.2. The summed E-state index contributed by atoms with van der Waals surface area (Å²) in [5, 5.41) is 2.56. The van der Waals surface area contributed by atoms with Crippen LogP contribution in [0.4, 0.5) is 23.7 Å². The van der Waals surface area contributed by atoms with E-state index in [1.54, 1.807) is 12.0 Å². The van der Waals surface area contributed by atoms with Crippen LogP contribution in [0.2, 0.25) is 0 Å². The van der Waals surface area contributed by atoms with Gasteiger partial charge in [-0.2, -0.15) is 13.2 Å². The van der Waals surface area contributed by atoms with Gasteiger partial charge in [0.25, 0.3) is 0 Å². The molecule has 1 N–H and O–H groups in total. The number of hydrogen-bond acceptors (Lipinski definition) is 3. The maximum Gasteiger partial charge on any atom is 0.416 e. The summed E-state index contributed by atoms with van der Waals surface area (Å²) in [5.41, 5.74) is 0.480. The van der Waals surface area contributed by atoms with Gasteiger partial charge in [-0.1, -0.05) is 18.2 Å². The van der Waals surface area contributed by atoms with E-state index in [9.17, 15) is 18.0 Å². The van der Waals surface area contributed by atoms with Crippen LogP contribution in [0, 0.1) is 0 Å². The number of benzene rings is 2. The first kappa shape index (κ1) is 20.0. The normalized spacial score (nSPS) is 15.4. The van der Waals surface area contributed by atoms with Crippen molar-refractivity contribution in [1.29, 1.82) is 0 Å². The Bertz CT molecular complexity index is 818. The van der Waals surface area contributed by atoms with E-state index in [-0.39, 0.29) is 11.7 Å². The van der Waals surface area contributed by atoms with E-state index < -0.39 is 11.7 Å². The lowest BCUT2D eigenvalue weighted by molar-refractivity contribution is -0.137. The number of carbonyl (C=O) groups excluding carboxylic acids is 1. The van der Waals surface area contributed by atoms with Crippen molar-refractivity contribution in [2.24, 2.45) is 0 Å². The number of amides is 2. The van der Waals surface area contributed by atoms with E-state index in [0.29, 0.717) is 26.2 Å². The Kier molecular flexibility index (Phi) is 6.08. The fourth-order valence-corrected chi connectivity index (χ4v) is 3.11. The minimum Gasteiger partial charge on any atom is -0.497 e. The van der Waals surface area contributed by atoms with Crippen molar-refractivity contribution < 1.29 is 22.7 Å². The standard InChI is InChI=1S/C20H22F3N3O2/c1-28-18-7-2-4-15(12-18)14-25-8-10-26(11-9-25)19(27)24-17-6-3-5-16(13-17)20(21,22)23/h2-7,12-13H,8-11,14H2,1H3,(H,24,27). The van der Waals surface area contributed by atoms with Crippen LogP contribution in [-0.4, -0.2) is 49.1 Å². The molecule has 1 saturated heterocycles. The number of alkyl halides is 3. The molecule has 3 rings (SSSR count). The number of nitrogens with one attached hydrogen (secondary N) is 1. The van der Waals surface area contributed by atoms with Gasteiger partial charge in [0.15, 0.2) is 0 Å². The highest BCUT2D eigenvalue weighted by Gasteiger charge is 2.30. The second kappa shape index (κ2) is 8.52. The van der Waals surface area contributed by atoms with Crippen LogP contribution in [0.25, 0.3) is 0 Å². The van der Waals surface area contributed by atoms with Crippen LogP contribution in [0.1, 0.15) is 11.1 Å². The number of ether oxygens (including phenoxy) is 1. The lowest BCUT2D eigenvalue weighted by Gasteiger charge is -2.34. The second-order valence-electron chi connectivity index (χ2n) is 6.62. The maximum absolute atomic E-state index is 12.8. The smallest absolute Gasteiger partial charge is 0.416 e. The van der Waals surface area contributed by atoms with E-state index in [1.165, 1.54) is 12.1 Å². The molecule has 28 heavy (non-hydrogen) atoms. The zero-order valence-electron chi connectivity index (χ0n) is 15.5. The minimum absolute atomic E-state index is 0.138. The van der Waals surface area contributed by atoms with Gasteiger partial charge in [0, 0.05) is 38.4 Å². The summed E-state index contributed by atoms with van der Waals surface area (Å²) < 4.78 is 43.6. The highest BCUT2D eigenvalue weighted by molar-refractivity contribution is 5.89. The topological polar surface area (TPSA) is 44.8 Å². The number of methoxy groups -OCH3 is 1. The molecule has 0 bridgehead atoms. The van der Waals surface area contributed by atoms with Crippen molar-refractivity contribution in [3.63, 3.8) is 0 Å². The molecule has 0 spiro atoms. The van der Waals surface area contributed by atoms with Crippen LogP contribution >= 0.6 is 0 Å². The van der Waals surface area contributed by atoms with Gasteiger partial charge in [-0.3, -0.25) is 4.90 Å². The summed E-state index contributed by atoms with van der Waals surface area (Å²) in [6.07, 6.45) is -4.44. The van der Waals surface area contributed by atoms with Gasteiger partial charge in [-0.25, -0.2) is 4.79 Å². The molecule has 2 aromatic carbocycles. The summed E-state index contributed by atoms with van der Waals surface area (Å²) in [7, 11) is 1.63. The molecular weight excluding hydrogens is 371 g/mol. The summed E-state index contributed by atoms with van der Waals surface area (Å²) >= 11 is 0. The molecule has 1 aliphatic rings. The number of hydrogen-bond donors (Lipinski definition) is 1. The van der Waals surface area contributed by atoms with E-state index in [1.807, 2.05) is 24.3 Å². The van der Waals surface area contributed by atoms with Crippen LogP contribution in [0.3, 0.4) is 0 Å². The first-order valence-corrected chi connectivity index (χ1v) is 8.93. The average Bonchev–Trinajstić information content (AvgIpc) is 2.68. The van der Waals surface area contributed by atoms with Gasteiger partial charge in [0.1, 0.15) is 5.75 Å². The number of anilines is 1. The molecule has 0 aliphatic carbocycles. The van der Waals surface area contributed by atoms with Crippen molar-refractivity contribution in [2.75, 3.05) is 38.6 Å². The molecule has 0 radical (unpaired) electrons. The van der Waals surface area contributed by atoms with Gasteiger partial charge in [0.05, 0.1) is 12.7 Å². The molecule has 8 heteroatoms. The molecule has 0 unspecified atom stereocenters. The van der Waals surface area contributed by atoms with Gasteiger partial charge < -0.3 is 15.0 Å². The Labute approximate surface area is 161 Å². The highest BCUT2D eigenvalue weighted by Crippen LogP contribution is 2.30. The number of rotatable bonds is 4. The Morgan fingerprint density at radius 3 is 2.46 bits per heavy atom. The van der Waals surface area contributed by atoms with Gasteiger partial charge in [-0.05, 0) is 35.9 Å². The predicted molar refractivity (Wildman–Crippen MR) is 100 cm³/mol. The molecule has 1 aliphatic heterocycles. The minimum atomic E-state index is -4.44. The molecule has 150 valence electrons. The monoisotopic (exact) mass is 393 g/mol. The SMILES string of the molecule is COc1cccc(CN2CCN(C(=O)Nc3cccc(C(F)(F)F)c3)CC2)c1. The number of carbonyl (C=O) groups is 1. The number of urea groups is 1. The lowest BCUT2D eigenvalue weighted by Crippen LogP contribution is -2.49. The van der Waals surface area contributed by atoms with Crippen molar-refractivity contribution in [1.82, 2.24) is 9.80 Å². The molecule has 0 atom stereocenters. The van der Waals surface area contributed by atoms with Crippen molar-refractivity contribution in [3.8, 4) is 5.75 Å². The zero-order valence-corrected chi connectivity index (χ0v) is 15.5. The van der Waals surface area contributed by atoms with Crippen LogP contribution in [0.5, 0.6) is 5.75 Å². The maximum atomic E-state index is 12.8. The summed E-state index contributed by atoms with van der Waals surface area (Å²) in [6, 6.07) is 12.1. The van der Waals surface area contributed by atoms with Crippen molar-refractivity contribution >= 4 is 11.7 Å². The molecular formula is C20H22F3N3O2. The first-order valence-electron chi connectivity index (χ1n) is 8.93. The Hall–Kier alpha value is -2.74.